The molecule has 1 aromatic rings. The molecule has 0 saturated heterocycles. The largest absolute Gasteiger partial charge is 0.510 e. The summed E-state index contributed by atoms with van der Waals surface area (Å²) >= 11 is 0. The number of hydrogen-bond acceptors (Lipinski definition) is 2. The molecule has 2 N–H and O–H groups in total. The van der Waals surface area contributed by atoms with Gasteiger partial charge in [-0.05, 0) is 26.3 Å². The number of anilines is 1. The summed E-state index contributed by atoms with van der Waals surface area (Å²) < 4.78 is 38.5. The molecule has 0 radical (unpaired) electrons. The molecule has 0 aliphatic rings. The minimum atomic E-state index is -5.15. The van der Waals surface area contributed by atoms with Crippen molar-refractivity contribution in [2.24, 2.45) is 0 Å². The number of aldehydes is 1. The molecule has 16 heavy (non-hydrogen) atoms. The van der Waals surface area contributed by atoms with Crippen LogP contribution in [0.4, 0.5) is 18.6 Å². The average molecular weight is 230 g/mol. The third-order valence-electron chi connectivity index (χ3n) is 2.87. The van der Waals surface area contributed by atoms with Gasteiger partial charge < -0.3 is 18.7 Å². The maximum atomic E-state index is 12.8. The third-order valence-corrected chi connectivity index (χ3v) is 2.87. The Kier molecular flexibility index (Phi) is 3.03. The lowest BCUT2D eigenvalue weighted by atomic mass is 9.71. The summed E-state index contributed by atoms with van der Waals surface area (Å²) in [6, 6.07) is 0. The van der Waals surface area contributed by atoms with Crippen molar-refractivity contribution < 1.29 is 17.7 Å². The molecule has 1 aromatic carbocycles. The topological polar surface area (TPSA) is 43.1 Å². The number of nitrogen functional groups attached to an aromatic ring is 1. The maximum Gasteiger partial charge on any atom is 0.510 e. The highest BCUT2D eigenvalue weighted by molar-refractivity contribution is 6.74. The summed E-state index contributed by atoms with van der Waals surface area (Å²) in [5, 5.41) is 0. The van der Waals surface area contributed by atoms with Crippen LogP contribution in [0.1, 0.15) is 27.0 Å². The Morgan fingerprint density at radius 3 is 1.94 bits per heavy atom. The van der Waals surface area contributed by atoms with E-state index in [0.29, 0.717) is 11.8 Å². The summed E-state index contributed by atoms with van der Waals surface area (Å²) in [6.07, 6.45) is 0.422. The second-order valence-electron chi connectivity index (χ2n) is 3.81. The quantitative estimate of drug-likeness (QED) is 0.480. The van der Waals surface area contributed by atoms with E-state index in [2.05, 4.69) is 0 Å². The lowest BCUT2D eigenvalue weighted by Crippen LogP contribution is -2.39. The van der Waals surface area contributed by atoms with E-state index in [-0.39, 0.29) is 22.4 Å². The number of carbonyl (C=O) groups excluding carboxylic acids is 1. The van der Waals surface area contributed by atoms with Crippen LogP contribution in [-0.4, -0.2) is 13.3 Å². The summed E-state index contributed by atoms with van der Waals surface area (Å²) in [5.41, 5.74) is 5.30. The zero-order chi connectivity index (χ0) is 12.7. The summed E-state index contributed by atoms with van der Waals surface area (Å²) in [5.74, 6) is 0. The van der Waals surface area contributed by atoms with Crippen LogP contribution < -0.4 is 11.2 Å². The molecule has 0 aliphatic heterocycles. The minimum Gasteiger partial charge on any atom is -0.445 e. The van der Waals surface area contributed by atoms with Crippen LogP contribution in [-0.2, 0) is 0 Å². The normalized spacial score (nSPS) is 11.6. The first-order chi connectivity index (χ1) is 7.21. The average Bonchev–Trinajstić information content (AvgIpc) is 2.13. The van der Waals surface area contributed by atoms with Gasteiger partial charge in [0.15, 0.2) is 6.29 Å². The van der Waals surface area contributed by atoms with E-state index in [1.54, 1.807) is 6.92 Å². The van der Waals surface area contributed by atoms with Crippen molar-refractivity contribution in [2.45, 2.75) is 20.8 Å². The van der Waals surface area contributed by atoms with Crippen LogP contribution in [0.2, 0.25) is 0 Å². The highest BCUT2D eigenvalue weighted by Gasteiger charge is 2.31. The van der Waals surface area contributed by atoms with E-state index in [9.17, 15) is 17.7 Å². The SMILES string of the molecule is Cc1c(N)c(C)c([B-](F)(F)F)c(C)c1C=O. The van der Waals surface area contributed by atoms with Crippen LogP contribution in [0.3, 0.4) is 0 Å². The fourth-order valence-corrected chi connectivity index (χ4v) is 1.95. The molecule has 88 valence electrons. The van der Waals surface area contributed by atoms with Gasteiger partial charge in [0.2, 0.25) is 0 Å². The number of carbonyl (C=O) groups is 1. The number of nitrogens with two attached hydrogens (primary N) is 1. The van der Waals surface area contributed by atoms with E-state index in [4.69, 9.17) is 5.73 Å². The van der Waals surface area contributed by atoms with Crippen molar-refractivity contribution in [1.29, 1.82) is 0 Å². The van der Waals surface area contributed by atoms with E-state index >= 15 is 0 Å². The first-order valence-corrected chi connectivity index (χ1v) is 4.76. The summed E-state index contributed by atoms with van der Waals surface area (Å²) in [7, 11) is 0. The highest BCUT2D eigenvalue weighted by Crippen LogP contribution is 2.25. The molecule has 0 fully saturated rings. The van der Waals surface area contributed by atoms with Crippen molar-refractivity contribution >= 4 is 24.4 Å². The van der Waals surface area contributed by atoms with Crippen molar-refractivity contribution in [1.82, 2.24) is 0 Å². The van der Waals surface area contributed by atoms with Crippen molar-refractivity contribution in [3.63, 3.8) is 0 Å². The van der Waals surface area contributed by atoms with Gasteiger partial charge >= 0.3 is 6.98 Å². The lowest BCUT2D eigenvalue weighted by molar-refractivity contribution is 0.112. The fraction of sp³-hybridized carbons (Fsp3) is 0.300. The fourth-order valence-electron chi connectivity index (χ4n) is 1.95. The van der Waals surface area contributed by atoms with Gasteiger partial charge in [0, 0.05) is 11.3 Å². The maximum absolute atomic E-state index is 12.8. The van der Waals surface area contributed by atoms with E-state index in [1.807, 2.05) is 0 Å². The predicted molar refractivity (Wildman–Crippen MR) is 59.2 cm³/mol. The zero-order valence-corrected chi connectivity index (χ0v) is 9.27. The first-order valence-electron chi connectivity index (χ1n) is 4.76. The molecule has 0 unspecified atom stereocenters. The Bertz CT molecular complexity index is 455. The van der Waals surface area contributed by atoms with Gasteiger partial charge in [-0.2, -0.15) is 0 Å². The van der Waals surface area contributed by atoms with E-state index in [1.165, 1.54) is 13.8 Å². The van der Waals surface area contributed by atoms with Gasteiger partial charge in [0.1, 0.15) is 0 Å². The first kappa shape index (κ1) is 12.6. The molecule has 0 bridgehead atoms. The van der Waals surface area contributed by atoms with Crippen LogP contribution in [0.15, 0.2) is 0 Å². The second-order valence-corrected chi connectivity index (χ2v) is 3.81. The van der Waals surface area contributed by atoms with Crippen LogP contribution in [0.25, 0.3) is 0 Å². The Morgan fingerprint density at radius 1 is 1.06 bits per heavy atom. The number of benzene rings is 1. The predicted octanol–water partition coefficient (Wildman–Crippen LogP) is 2.06. The Morgan fingerprint density at radius 2 is 1.56 bits per heavy atom. The second kappa shape index (κ2) is 3.85. The molecular weight excluding hydrogens is 218 g/mol. The van der Waals surface area contributed by atoms with Crippen LogP contribution in [0.5, 0.6) is 0 Å². The lowest BCUT2D eigenvalue weighted by Gasteiger charge is -2.25. The molecule has 0 heterocycles. The Hall–Kier alpha value is -1.46. The van der Waals surface area contributed by atoms with Crippen molar-refractivity contribution in [3.8, 4) is 0 Å². The van der Waals surface area contributed by atoms with Gasteiger partial charge in [-0.15, -0.1) is 0 Å². The van der Waals surface area contributed by atoms with E-state index < -0.39 is 12.4 Å². The van der Waals surface area contributed by atoms with Gasteiger partial charge in [0.25, 0.3) is 0 Å². The van der Waals surface area contributed by atoms with Crippen molar-refractivity contribution in [2.75, 3.05) is 5.73 Å². The van der Waals surface area contributed by atoms with Gasteiger partial charge in [0.05, 0.1) is 0 Å². The molecule has 0 saturated carbocycles. The molecule has 0 aliphatic carbocycles. The molecule has 0 amide bonds. The number of hydrogen-bond donors (Lipinski definition) is 1. The summed E-state index contributed by atoms with van der Waals surface area (Å²) in [4.78, 5) is 10.8. The number of rotatable bonds is 2. The smallest absolute Gasteiger partial charge is 0.445 e. The van der Waals surface area contributed by atoms with Gasteiger partial charge in [-0.1, -0.05) is 16.6 Å². The van der Waals surface area contributed by atoms with Gasteiger partial charge in [-0.25, -0.2) is 0 Å². The Labute approximate surface area is 91.7 Å². The molecule has 6 heteroatoms. The number of halogens is 3. The van der Waals surface area contributed by atoms with Crippen LogP contribution in [0, 0.1) is 20.8 Å². The molecule has 2 nitrogen and oxygen atoms in total. The standard InChI is InChI=1S/C10H12BF3NO/c1-5-8(4-16)6(2)10(15)7(3)9(5)11(12,13)14/h4H,15H2,1-3H3/q-1. The minimum absolute atomic E-state index is 0.00750. The third kappa shape index (κ3) is 1.79. The monoisotopic (exact) mass is 230 g/mol. The van der Waals surface area contributed by atoms with Gasteiger partial charge in [-0.3, -0.25) is 4.79 Å². The molecule has 1 rings (SSSR count). The Balaban J connectivity index is 3.76. The molecule has 0 spiro atoms. The zero-order valence-electron chi connectivity index (χ0n) is 9.27. The highest BCUT2D eigenvalue weighted by atomic mass is 19.4. The molecule has 0 atom stereocenters. The molecule has 0 aromatic heterocycles. The van der Waals surface area contributed by atoms with Crippen LogP contribution >= 0.6 is 0 Å². The van der Waals surface area contributed by atoms with Crippen molar-refractivity contribution in [3.05, 3.63) is 22.3 Å². The van der Waals surface area contributed by atoms with E-state index in [0.717, 1.165) is 0 Å². The molecular formula is C10H12BF3NO-. The summed E-state index contributed by atoms with van der Waals surface area (Å²) in [6.45, 7) is -0.979.